The Hall–Kier alpha value is -1.53. The van der Waals surface area contributed by atoms with Crippen LogP contribution in [0.4, 0.5) is 0 Å². The number of rotatable bonds is 8. The van der Waals surface area contributed by atoms with Crippen LogP contribution in [0.5, 0.6) is 0 Å². The fraction of sp³-hybridized carbons (Fsp3) is 0.583. The zero-order valence-electron chi connectivity index (χ0n) is 10.8. The summed E-state index contributed by atoms with van der Waals surface area (Å²) in [6, 6.07) is 0. The lowest BCUT2D eigenvalue weighted by Crippen LogP contribution is -2.28. The Morgan fingerprint density at radius 1 is 1.50 bits per heavy atom. The molecule has 1 rings (SSSR count). The lowest BCUT2D eigenvalue weighted by Gasteiger charge is -2.20. The first-order chi connectivity index (χ1) is 8.69. The minimum absolute atomic E-state index is 0.160. The number of carbonyl (C=O) groups is 1. The molecule has 6 nitrogen and oxygen atoms in total. The van der Waals surface area contributed by atoms with Crippen molar-refractivity contribution >= 4 is 5.97 Å². The molecule has 0 spiro atoms. The fourth-order valence-electron chi connectivity index (χ4n) is 1.56. The molecule has 0 radical (unpaired) electrons. The van der Waals surface area contributed by atoms with Crippen molar-refractivity contribution in [3.05, 3.63) is 23.8 Å². The van der Waals surface area contributed by atoms with Crippen LogP contribution in [0, 0.1) is 0 Å². The summed E-state index contributed by atoms with van der Waals surface area (Å²) in [5, 5.41) is 9.04. The summed E-state index contributed by atoms with van der Waals surface area (Å²) in [4.78, 5) is 20.9. The van der Waals surface area contributed by atoms with Gasteiger partial charge in [-0.3, -0.25) is 4.90 Å². The molecule has 0 aliphatic carbocycles. The normalized spacial score (nSPS) is 10.8. The maximum absolute atomic E-state index is 11.0. The number of likely N-dealkylation sites (N-methyl/N-ethyl adjacent to an activating group) is 1. The monoisotopic (exact) mass is 253 g/mol. The fourth-order valence-corrected chi connectivity index (χ4v) is 1.56. The third kappa shape index (κ3) is 4.38. The largest absolute Gasteiger partial charge is 0.478 e. The van der Waals surface area contributed by atoms with Crippen LogP contribution in [-0.4, -0.2) is 52.2 Å². The van der Waals surface area contributed by atoms with Gasteiger partial charge in [0, 0.05) is 25.9 Å². The van der Waals surface area contributed by atoms with E-state index in [1.165, 1.54) is 12.5 Å². The van der Waals surface area contributed by atoms with Crippen LogP contribution in [0.15, 0.2) is 12.5 Å². The molecule has 1 N–H and O–H groups in total. The Labute approximate surface area is 107 Å². The number of hydrogen-bond donors (Lipinski definition) is 1. The molecule has 0 saturated carbocycles. The van der Waals surface area contributed by atoms with Gasteiger partial charge in [0.25, 0.3) is 0 Å². The maximum atomic E-state index is 11.0. The molecule has 0 atom stereocenters. The molecule has 0 amide bonds. The second-order valence-electron chi connectivity index (χ2n) is 3.75. The van der Waals surface area contributed by atoms with E-state index in [0.717, 1.165) is 13.1 Å². The molecule has 0 aromatic carbocycles. The highest BCUT2D eigenvalue weighted by Crippen LogP contribution is 2.07. The van der Waals surface area contributed by atoms with E-state index < -0.39 is 5.97 Å². The second-order valence-corrected chi connectivity index (χ2v) is 3.75. The Balaban J connectivity index is 2.66. The van der Waals surface area contributed by atoms with Gasteiger partial charge in [-0.15, -0.1) is 0 Å². The molecular formula is C12H19N3O3. The van der Waals surface area contributed by atoms with E-state index in [-0.39, 0.29) is 5.56 Å². The van der Waals surface area contributed by atoms with E-state index in [1.807, 2.05) is 13.8 Å². The Kier molecular flexibility index (Phi) is 6.24. The van der Waals surface area contributed by atoms with Gasteiger partial charge in [-0.25, -0.2) is 14.8 Å². The summed E-state index contributed by atoms with van der Waals surface area (Å²) in [7, 11) is 0. The van der Waals surface area contributed by atoms with Crippen molar-refractivity contribution in [1.82, 2.24) is 14.9 Å². The zero-order valence-corrected chi connectivity index (χ0v) is 10.8. The van der Waals surface area contributed by atoms with Gasteiger partial charge in [-0.2, -0.15) is 0 Å². The predicted octanol–water partition coefficient (Wildman–Crippen LogP) is 1.03. The quantitative estimate of drug-likeness (QED) is 0.697. The molecule has 1 aromatic rings. The van der Waals surface area contributed by atoms with E-state index in [2.05, 4.69) is 14.9 Å². The highest BCUT2D eigenvalue weighted by atomic mass is 16.5. The molecule has 0 unspecified atom stereocenters. The van der Waals surface area contributed by atoms with Crippen molar-refractivity contribution in [2.45, 2.75) is 20.4 Å². The minimum Gasteiger partial charge on any atom is -0.478 e. The molecule has 0 aliphatic heterocycles. The molecule has 1 aromatic heterocycles. The van der Waals surface area contributed by atoms with Crippen molar-refractivity contribution in [3.8, 4) is 0 Å². The number of hydrogen-bond acceptors (Lipinski definition) is 5. The van der Waals surface area contributed by atoms with E-state index in [4.69, 9.17) is 9.84 Å². The summed E-state index contributed by atoms with van der Waals surface area (Å²) in [5.74, 6) is -0.994. The average Bonchev–Trinajstić information content (AvgIpc) is 2.38. The lowest BCUT2D eigenvalue weighted by atomic mass is 10.2. The van der Waals surface area contributed by atoms with Crippen molar-refractivity contribution < 1.29 is 14.6 Å². The Morgan fingerprint density at radius 2 is 2.28 bits per heavy atom. The number of aromatic carboxylic acids is 1. The summed E-state index contributed by atoms with van der Waals surface area (Å²) in [6.45, 7) is 7.36. The van der Waals surface area contributed by atoms with Gasteiger partial charge in [0.05, 0.1) is 12.3 Å². The van der Waals surface area contributed by atoms with Crippen molar-refractivity contribution in [2.24, 2.45) is 0 Å². The molecule has 100 valence electrons. The van der Waals surface area contributed by atoms with Crippen molar-refractivity contribution in [2.75, 3.05) is 26.3 Å². The first-order valence-corrected chi connectivity index (χ1v) is 6.01. The molecule has 0 bridgehead atoms. The standard InChI is InChI=1S/C12H19N3O3/c1-3-15(5-6-18-4-2)8-11-10(12(16)17)7-13-9-14-11/h7,9H,3-6,8H2,1-2H3,(H,16,17). The van der Waals surface area contributed by atoms with Crippen LogP contribution in [0.1, 0.15) is 29.9 Å². The number of carboxylic acid groups (broad SMARTS) is 1. The number of aromatic nitrogens is 2. The summed E-state index contributed by atoms with van der Waals surface area (Å²) >= 11 is 0. The van der Waals surface area contributed by atoms with Gasteiger partial charge in [0.1, 0.15) is 11.9 Å². The Morgan fingerprint density at radius 3 is 2.89 bits per heavy atom. The van der Waals surface area contributed by atoms with Gasteiger partial charge in [-0.05, 0) is 13.5 Å². The van der Waals surface area contributed by atoms with Crippen LogP contribution in [0.3, 0.4) is 0 Å². The third-order valence-electron chi connectivity index (χ3n) is 2.60. The summed E-state index contributed by atoms with van der Waals surface area (Å²) < 4.78 is 5.29. The highest BCUT2D eigenvalue weighted by Gasteiger charge is 2.14. The van der Waals surface area contributed by atoms with E-state index >= 15 is 0 Å². The van der Waals surface area contributed by atoms with Crippen LogP contribution in [0.2, 0.25) is 0 Å². The summed E-state index contributed by atoms with van der Waals surface area (Å²) in [6.07, 6.45) is 2.71. The number of carboxylic acids is 1. The molecule has 6 heteroatoms. The molecule has 1 heterocycles. The lowest BCUT2D eigenvalue weighted by molar-refractivity contribution is 0.0692. The third-order valence-corrected chi connectivity index (χ3v) is 2.60. The van der Waals surface area contributed by atoms with E-state index in [1.54, 1.807) is 0 Å². The Bertz CT molecular complexity index is 385. The molecule has 0 saturated heterocycles. The topological polar surface area (TPSA) is 75.5 Å². The summed E-state index contributed by atoms with van der Waals surface area (Å²) in [5.41, 5.74) is 0.697. The van der Waals surface area contributed by atoms with Gasteiger partial charge >= 0.3 is 5.97 Å². The molecule has 0 fully saturated rings. The highest BCUT2D eigenvalue weighted by molar-refractivity contribution is 5.88. The van der Waals surface area contributed by atoms with Crippen LogP contribution in [0.25, 0.3) is 0 Å². The van der Waals surface area contributed by atoms with Crippen LogP contribution in [-0.2, 0) is 11.3 Å². The van der Waals surface area contributed by atoms with Crippen molar-refractivity contribution in [3.63, 3.8) is 0 Å². The minimum atomic E-state index is -0.994. The molecular weight excluding hydrogens is 234 g/mol. The zero-order chi connectivity index (χ0) is 13.4. The van der Waals surface area contributed by atoms with Crippen molar-refractivity contribution in [1.29, 1.82) is 0 Å². The SMILES string of the molecule is CCOCCN(CC)Cc1ncncc1C(=O)O. The van der Waals surface area contributed by atoms with Crippen LogP contribution >= 0.6 is 0 Å². The first-order valence-electron chi connectivity index (χ1n) is 6.01. The second kappa shape index (κ2) is 7.73. The first kappa shape index (κ1) is 14.5. The predicted molar refractivity (Wildman–Crippen MR) is 66.4 cm³/mol. The van der Waals surface area contributed by atoms with Crippen LogP contribution < -0.4 is 0 Å². The number of nitrogens with zero attached hydrogens (tertiary/aromatic N) is 3. The average molecular weight is 253 g/mol. The van der Waals surface area contributed by atoms with Gasteiger partial charge < -0.3 is 9.84 Å². The van der Waals surface area contributed by atoms with E-state index in [0.29, 0.717) is 25.5 Å². The van der Waals surface area contributed by atoms with E-state index in [9.17, 15) is 4.79 Å². The smallest absolute Gasteiger partial charge is 0.339 e. The van der Waals surface area contributed by atoms with Gasteiger partial charge in [0.15, 0.2) is 0 Å². The molecule has 18 heavy (non-hydrogen) atoms. The number of ether oxygens (including phenoxy) is 1. The molecule has 0 aliphatic rings. The maximum Gasteiger partial charge on any atom is 0.339 e. The van der Waals surface area contributed by atoms with Gasteiger partial charge in [0.2, 0.25) is 0 Å². The van der Waals surface area contributed by atoms with Gasteiger partial charge in [-0.1, -0.05) is 6.92 Å².